The normalized spacial score (nSPS) is 13.0. The van der Waals surface area contributed by atoms with Gasteiger partial charge in [-0.1, -0.05) is 0 Å². The van der Waals surface area contributed by atoms with E-state index in [9.17, 15) is 0 Å². The quantitative estimate of drug-likeness (QED) is 0.151. The van der Waals surface area contributed by atoms with Crippen LogP contribution in [0.15, 0.2) is 224 Å². The van der Waals surface area contributed by atoms with Crippen molar-refractivity contribution >= 4 is 85.8 Å². The van der Waals surface area contributed by atoms with Gasteiger partial charge in [-0.2, -0.15) is 0 Å². The molecule has 0 atom stereocenters. The van der Waals surface area contributed by atoms with Crippen LogP contribution in [0.5, 0.6) is 0 Å². The summed E-state index contributed by atoms with van der Waals surface area (Å²) in [6.07, 6.45) is 0. The van der Waals surface area contributed by atoms with E-state index < -0.39 is 0 Å². The van der Waals surface area contributed by atoms with Gasteiger partial charge in [-0.15, -0.1) is 0 Å². The zero-order valence-electron chi connectivity index (χ0n) is 41.7. The van der Waals surface area contributed by atoms with Gasteiger partial charge in [0.25, 0.3) is 0 Å². The molecular weight excluding hydrogens is 935 g/mol. The van der Waals surface area contributed by atoms with Crippen molar-refractivity contribution in [3.05, 3.63) is 236 Å². The van der Waals surface area contributed by atoms with Gasteiger partial charge < -0.3 is 0 Å². The molecule has 0 unspecified atom stereocenters. The second kappa shape index (κ2) is 17.0. The molecule has 1 aromatic heterocycles. The molecule has 2 aliphatic rings. The van der Waals surface area contributed by atoms with Gasteiger partial charge in [-0.05, 0) is 0 Å². The first-order valence-electron chi connectivity index (χ1n) is 25.4. The fourth-order valence-electron chi connectivity index (χ4n) is 11.5. The van der Waals surface area contributed by atoms with Gasteiger partial charge in [0, 0.05) is 0 Å². The van der Waals surface area contributed by atoms with Crippen LogP contribution in [0, 0.1) is 0 Å². The zero-order chi connectivity index (χ0) is 48.9. The maximum absolute atomic E-state index is 2.67. The molecule has 0 amide bonds. The van der Waals surface area contributed by atoms with Crippen LogP contribution in [0.1, 0.15) is 52.7 Å². The Morgan fingerprint density at radius 1 is 0.375 bits per heavy atom. The minimum absolute atomic E-state index is 0.000134. The van der Waals surface area contributed by atoms with Gasteiger partial charge in [0.15, 0.2) is 0 Å². The van der Waals surface area contributed by atoms with Crippen molar-refractivity contribution in [2.45, 2.75) is 52.4 Å². The van der Waals surface area contributed by atoms with E-state index in [0.717, 1.165) is 0 Å². The number of nitrogens with zero attached hydrogens (tertiary/aromatic N) is 2. The predicted molar refractivity (Wildman–Crippen MR) is 311 cm³/mol. The van der Waals surface area contributed by atoms with E-state index >= 15 is 0 Å². The third-order valence-corrected chi connectivity index (χ3v) is 17.6. The van der Waals surface area contributed by atoms with E-state index in [2.05, 4.69) is 275 Å². The van der Waals surface area contributed by atoms with Crippen molar-refractivity contribution in [2.75, 3.05) is 4.90 Å². The van der Waals surface area contributed by atoms with E-state index in [4.69, 9.17) is 0 Å². The van der Waals surface area contributed by atoms with Crippen LogP contribution in [0.4, 0.5) is 17.1 Å². The number of para-hydroxylation sites is 1. The molecule has 0 radical (unpaired) electrons. The van der Waals surface area contributed by atoms with Crippen molar-refractivity contribution in [2.24, 2.45) is 0 Å². The Bertz CT molecular complexity index is 3770. The van der Waals surface area contributed by atoms with Crippen LogP contribution in [-0.2, 0) is 10.8 Å². The molecule has 11 aromatic rings. The van der Waals surface area contributed by atoms with Crippen molar-refractivity contribution < 1.29 is 0 Å². The van der Waals surface area contributed by atoms with Crippen LogP contribution in [-0.4, -0.2) is 26.2 Å². The molecule has 0 N–H and O–H groups in total. The first kappa shape index (κ1) is 44.3. The van der Waals surface area contributed by atoms with Crippen LogP contribution in [0.3, 0.4) is 0 Å². The SMILES string of the molecule is CC(C)(C)c1ccc2c(c1)c1cc(C(C)(C)C)ccc1n2-c1cc2c3c(c1)N(c1c(-c4ccccc4)cccc1-c1ccccc1)c1ccc(-c4ccccc4)cc1B3c1cc(-c3ccccc3)ccc1[Se]2. The summed E-state index contributed by atoms with van der Waals surface area (Å²) in [5.74, 6) is 0. The van der Waals surface area contributed by atoms with Crippen LogP contribution in [0.25, 0.3) is 72.0 Å². The minimum atomic E-state index is -0.000787. The molecule has 0 saturated heterocycles. The van der Waals surface area contributed by atoms with E-state index in [1.165, 1.54) is 126 Å². The molecule has 0 fully saturated rings. The number of benzene rings is 10. The Hall–Kier alpha value is -7.62. The first-order chi connectivity index (χ1) is 35.0. The number of aromatic nitrogens is 1. The Kier molecular flexibility index (Phi) is 10.5. The van der Waals surface area contributed by atoms with Gasteiger partial charge in [0.2, 0.25) is 0 Å². The first-order valence-corrected chi connectivity index (χ1v) is 27.1. The Morgan fingerprint density at radius 3 is 1.38 bits per heavy atom. The zero-order valence-corrected chi connectivity index (χ0v) is 43.5. The van der Waals surface area contributed by atoms with Gasteiger partial charge in [0.05, 0.1) is 0 Å². The predicted octanol–water partition coefficient (Wildman–Crippen LogP) is 14.3. The molecule has 0 saturated carbocycles. The number of fused-ring (bicyclic) bond motifs is 7. The summed E-state index contributed by atoms with van der Waals surface area (Å²) in [5, 5.41) is 2.60. The fraction of sp³-hybridized carbons (Fsp3) is 0.118. The summed E-state index contributed by atoms with van der Waals surface area (Å²) < 4.78 is 5.44. The topological polar surface area (TPSA) is 8.17 Å². The van der Waals surface area contributed by atoms with E-state index in [0.29, 0.717) is 0 Å². The number of hydrogen-bond acceptors (Lipinski definition) is 1. The summed E-state index contributed by atoms with van der Waals surface area (Å²) in [6, 6.07) is 84.9. The molecule has 4 heteroatoms. The van der Waals surface area contributed by atoms with Crippen molar-refractivity contribution in [3.8, 4) is 50.2 Å². The molecule has 0 spiro atoms. The van der Waals surface area contributed by atoms with Gasteiger partial charge in [-0.3, -0.25) is 0 Å². The number of anilines is 3. The standard InChI is InChI=1S/C68H55BN2Se/c1-67(2,3)50-32-35-59-55(40-50)56-41-51(68(4,5)6)33-36-60(56)70(59)52-42-62-65-64(43-52)72-63-37-31-49(45-22-13-8-14-23-45)39-58(63)69(65)57-38-48(44-20-11-7-12-21-44)30-34-61(57)71(62)66-53(46-24-15-9-16-25-46)28-19-29-54(66)47-26-17-10-18-27-47/h7-43H,1-6H3. The molecule has 72 heavy (non-hydrogen) atoms. The van der Waals surface area contributed by atoms with E-state index in [1.54, 1.807) is 0 Å². The fourth-order valence-corrected chi connectivity index (χ4v) is 13.9. The summed E-state index contributed by atoms with van der Waals surface area (Å²) in [6.45, 7) is 14.0. The average Bonchev–Trinajstić information content (AvgIpc) is 3.74. The van der Waals surface area contributed by atoms with Crippen molar-refractivity contribution in [1.29, 1.82) is 0 Å². The Balaban J connectivity index is 1.16. The molecule has 3 heterocycles. The van der Waals surface area contributed by atoms with Crippen LogP contribution >= 0.6 is 0 Å². The van der Waals surface area contributed by atoms with Crippen LogP contribution < -0.4 is 30.2 Å². The second-order valence-corrected chi connectivity index (χ2v) is 24.0. The molecule has 13 rings (SSSR count). The summed E-state index contributed by atoms with van der Waals surface area (Å²) in [7, 11) is 0. The van der Waals surface area contributed by atoms with Gasteiger partial charge in [-0.25, -0.2) is 0 Å². The molecule has 346 valence electrons. The third kappa shape index (κ3) is 7.39. The number of hydrogen-bond donors (Lipinski definition) is 0. The summed E-state index contributed by atoms with van der Waals surface area (Å²) in [5.41, 5.74) is 23.8. The van der Waals surface area contributed by atoms with Gasteiger partial charge >= 0.3 is 433 Å². The molecule has 2 nitrogen and oxygen atoms in total. The van der Waals surface area contributed by atoms with E-state index in [-0.39, 0.29) is 32.5 Å². The summed E-state index contributed by atoms with van der Waals surface area (Å²) in [4.78, 5) is 2.67. The van der Waals surface area contributed by atoms with Crippen LogP contribution in [0.2, 0.25) is 0 Å². The molecule has 0 aliphatic carbocycles. The molecular formula is C68H55BN2Se. The van der Waals surface area contributed by atoms with E-state index in [1.807, 2.05) is 0 Å². The molecule has 10 aromatic carbocycles. The second-order valence-electron chi connectivity index (χ2n) is 21.7. The Morgan fingerprint density at radius 2 is 0.861 bits per heavy atom. The summed E-state index contributed by atoms with van der Waals surface area (Å²) >= 11 is 0.000134. The molecule has 0 bridgehead atoms. The number of rotatable bonds is 6. The van der Waals surface area contributed by atoms with Gasteiger partial charge in [0.1, 0.15) is 0 Å². The molecule has 2 aliphatic heterocycles. The average molecular weight is 990 g/mol. The van der Waals surface area contributed by atoms with Crippen molar-refractivity contribution in [1.82, 2.24) is 4.57 Å². The van der Waals surface area contributed by atoms with Crippen molar-refractivity contribution in [3.63, 3.8) is 0 Å². The Labute approximate surface area is 430 Å². The maximum atomic E-state index is 2.67. The third-order valence-electron chi connectivity index (χ3n) is 15.2. The monoisotopic (exact) mass is 990 g/mol.